The van der Waals surface area contributed by atoms with Gasteiger partial charge in [-0.15, -0.1) is 0 Å². The summed E-state index contributed by atoms with van der Waals surface area (Å²) in [5.74, 6) is -0.823. The molecular formula is C31H35N3O5. The van der Waals surface area contributed by atoms with Crippen LogP contribution in [0.5, 0.6) is 0 Å². The van der Waals surface area contributed by atoms with E-state index in [0.717, 1.165) is 0 Å². The lowest BCUT2D eigenvalue weighted by Gasteiger charge is -2.45. The Kier molecular flexibility index (Phi) is 7.30. The number of fused-ring (bicyclic) bond motifs is 2. The van der Waals surface area contributed by atoms with E-state index < -0.39 is 23.8 Å². The van der Waals surface area contributed by atoms with Crippen molar-refractivity contribution in [2.24, 2.45) is 11.8 Å². The molecule has 8 nitrogen and oxygen atoms in total. The molecule has 5 rings (SSSR count). The Morgan fingerprint density at radius 1 is 1.00 bits per heavy atom. The highest BCUT2D eigenvalue weighted by molar-refractivity contribution is 6.00. The molecule has 1 aromatic heterocycles. The normalized spacial score (nSPS) is 20.4. The molecule has 1 fully saturated rings. The first-order valence-corrected chi connectivity index (χ1v) is 13.7. The standard InChI is InChI=1S/C31H35N3O5/c1-17(2)13-24-29(36)33-27(23-14-19-7-5-6-8-20(19)15-23)31(38)34(24)28(30(37)32-18(3)4)22-9-11-25-21(16-22)10-12-26(35)39-25/h5-12,16-18,23-24,27-28H,13-15H2,1-4H3,(H,32,37)(H,33,36). The third-order valence-corrected chi connectivity index (χ3v) is 7.62. The molecule has 3 unspecified atom stereocenters. The number of piperazine rings is 1. The van der Waals surface area contributed by atoms with Gasteiger partial charge in [0.1, 0.15) is 23.7 Å². The molecule has 0 saturated carbocycles. The molecule has 1 aliphatic carbocycles. The first-order valence-electron chi connectivity index (χ1n) is 13.7. The average Bonchev–Trinajstić information content (AvgIpc) is 3.31. The second-order valence-corrected chi connectivity index (χ2v) is 11.4. The maximum atomic E-state index is 14.4. The van der Waals surface area contributed by atoms with Crippen molar-refractivity contribution in [2.75, 3.05) is 0 Å². The van der Waals surface area contributed by atoms with Crippen LogP contribution in [-0.2, 0) is 27.2 Å². The van der Waals surface area contributed by atoms with Crippen LogP contribution in [0.25, 0.3) is 11.0 Å². The molecule has 0 radical (unpaired) electrons. The summed E-state index contributed by atoms with van der Waals surface area (Å²) in [5, 5.41) is 6.64. The van der Waals surface area contributed by atoms with Crippen molar-refractivity contribution >= 4 is 28.7 Å². The Balaban J connectivity index is 1.59. The Bertz CT molecular complexity index is 1450. The fourth-order valence-corrected chi connectivity index (χ4v) is 5.94. The highest BCUT2D eigenvalue weighted by atomic mass is 16.4. The minimum atomic E-state index is -1.03. The van der Waals surface area contributed by atoms with Gasteiger partial charge in [-0.25, -0.2) is 4.79 Å². The molecule has 39 heavy (non-hydrogen) atoms. The van der Waals surface area contributed by atoms with E-state index in [-0.39, 0.29) is 35.6 Å². The number of nitrogens with zero attached hydrogens (tertiary/aromatic N) is 1. The summed E-state index contributed by atoms with van der Waals surface area (Å²) in [7, 11) is 0. The Morgan fingerprint density at radius 3 is 2.33 bits per heavy atom. The van der Waals surface area contributed by atoms with Crippen molar-refractivity contribution in [3.63, 3.8) is 0 Å². The van der Waals surface area contributed by atoms with E-state index >= 15 is 0 Å². The van der Waals surface area contributed by atoms with E-state index in [1.165, 1.54) is 22.1 Å². The molecule has 2 aliphatic rings. The smallest absolute Gasteiger partial charge is 0.336 e. The van der Waals surface area contributed by atoms with Gasteiger partial charge in [0, 0.05) is 17.5 Å². The monoisotopic (exact) mass is 529 g/mol. The quantitative estimate of drug-likeness (QED) is 0.456. The number of nitrogens with one attached hydrogen (secondary N) is 2. The van der Waals surface area contributed by atoms with Crippen LogP contribution in [0.4, 0.5) is 0 Å². The molecule has 3 amide bonds. The number of amides is 3. The SMILES string of the molecule is CC(C)CC1C(=O)NC(C2Cc3ccccc3C2)C(=O)N1C(C(=O)NC(C)C)c1ccc2oc(=O)ccc2c1. The fourth-order valence-electron chi connectivity index (χ4n) is 5.94. The van der Waals surface area contributed by atoms with Crippen LogP contribution in [0.1, 0.15) is 56.8 Å². The minimum absolute atomic E-state index is 0.0963. The summed E-state index contributed by atoms with van der Waals surface area (Å²) >= 11 is 0. The van der Waals surface area contributed by atoms with Crippen molar-refractivity contribution in [1.82, 2.24) is 15.5 Å². The lowest BCUT2D eigenvalue weighted by molar-refractivity contribution is -0.158. The van der Waals surface area contributed by atoms with Crippen molar-refractivity contribution in [3.05, 3.63) is 81.7 Å². The van der Waals surface area contributed by atoms with Crippen molar-refractivity contribution in [1.29, 1.82) is 0 Å². The first kappa shape index (κ1) is 26.7. The van der Waals surface area contributed by atoms with Gasteiger partial charge >= 0.3 is 5.63 Å². The molecule has 3 atom stereocenters. The van der Waals surface area contributed by atoms with Crippen molar-refractivity contribution < 1.29 is 18.8 Å². The molecule has 1 aliphatic heterocycles. The predicted molar refractivity (Wildman–Crippen MR) is 148 cm³/mol. The topological polar surface area (TPSA) is 109 Å². The van der Waals surface area contributed by atoms with Crippen LogP contribution in [0, 0.1) is 11.8 Å². The van der Waals surface area contributed by atoms with Gasteiger partial charge in [0.25, 0.3) is 0 Å². The van der Waals surface area contributed by atoms with Gasteiger partial charge in [0.05, 0.1) is 0 Å². The molecule has 1 saturated heterocycles. The van der Waals surface area contributed by atoms with E-state index in [1.54, 1.807) is 24.3 Å². The summed E-state index contributed by atoms with van der Waals surface area (Å²) in [5.41, 5.74) is 2.85. The third kappa shape index (κ3) is 5.33. The molecule has 2 heterocycles. The van der Waals surface area contributed by atoms with Gasteiger partial charge in [0.2, 0.25) is 17.7 Å². The maximum Gasteiger partial charge on any atom is 0.336 e. The van der Waals surface area contributed by atoms with Crippen LogP contribution < -0.4 is 16.3 Å². The maximum absolute atomic E-state index is 14.4. The van der Waals surface area contributed by atoms with Crippen LogP contribution in [0.3, 0.4) is 0 Å². The van der Waals surface area contributed by atoms with Crippen LogP contribution in [0.15, 0.2) is 63.8 Å². The van der Waals surface area contributed by atoms with Crippen LogP contribution >= 0.6 is 0 Å². The van der Waals surface area contributed by atoms with Gasteiger partial charge < -0.3 is 20.0 Å². The number of hydrogen-bond acceptors (Lipinski definition) is 5. The number of carbonyl (C=O) groups is 3. The zero-order valence-corrected chi connectivity index (χ0v) is 22.8. The summed E-state index contributed by atoms with van der Waals surface area (Å²) in [6.45, 7) is 7.71. The summed E-state index contributed by atoms with van der Waals surface area (Å²) in [6, 6.07) is 13.4. The minimum Gasteiger partial charge on any atom is -0.423 e. The zero-order valence-electron chi connectivity index (χ0n) is 22.8. The van der Waals surface area contributed by atoms with E-state index in [9.17, 15) is 19.2 Å². The number of rotatable bonds is 7. The molecule has 0 spiro atoms. The average molecular weight is 530 g/mol. The summed E-state index contributed by atoms with van der Waals surface area (Å²) < 4.78 is 5.29. The third-order valence-electron chi connectivity index (χ3n) is 7.62. The van der Waals surface area contributed by atoms with Gasteiger partial charge in [-0.3, -0.25) is 14.4 Å². The Morgan fingerprint density at radius 2 is 1.69 bits per heavy atom. The van der Waals surface area contributed by atoms with Gasteiger partial charge in [-0.05, 0) is 79.8 Å². The predicted octanol–water partition coefficient (Wildman–Crippen LogP) is 3.52. The second kappa shape index (κ2) is 10.7. The number of hydrogen-bond donors (Lipinski definition) is 2. The van der Waals surface area contributed by atoms with E-state index in [0.29, 0.717) is 35.8 Å². The molecule has 2 N–H and O–H groups in total. The molecule has 8 heteroatoms. The van der Waals surface area contributed by atoms with Crippen LogP contribution in [0.2, 0.25) is 0 Å². The van der Waals surface area contributed by atoms with E-state index in [1.807, 2.05) is 39.8 Å². The fraction of sp³-hybridized carbons (Fsp3) is 0.419. The molecule has 3 aromatic rings. The van der Waals surface area contributed by atoms with E-state index in [2.05, 4.69) is 22.8 Å². The number of benzene rings is 2. The number of carbonyl (C=O) groups excluding carboxylic acids is 3. The summed E-state index contributed by atoms with van der Waals surface area (Å²) in [6.07, 6.45) is 1.80. The second-order valence-electron chi connectivity index (χ2n) is 11.4. The van der Waals surface area contributed by atoms with Crippen molar-refractivity contribution in [3.8, 4) is 0 Å². The molecule has 0 bridgehead atoms. The van der Waals surface area contributed by atoms with Crippen LogP contribution in [-0.4, -0.2) is 40.7 Å². The molecular weight excluding hydrogens is 494 g/mol. The molecule has 204 valence electrons. The Hall–Kier alpha value is -3.94. The van der Waals surface area contributed by atoms with Crippen molar-refractivity contribution in [2.45, 2.75) is 71.1 Å². The zero-order chi connectivity index (χ0) is 27.8. The van der Waals surface area contributed by atoms with E-state index in [4.69, 9.17) is 4.42 Å². The Labute approximate surface area is 227 Å². The molecule has 2 aromatic carbocycles. The van der Waals surface area contributed by atoms with Gasteiger partial charge in [0.15, 0.2) is 0 Å². The van der Waals surface area contributed by atoms with Gasteiger partial charge in [-0.2, -0.15) is 0 Å². The summed E-state index contributed by atoms with van der Waals surface area (Å²) in [4.78, 5) is 55.1. The lowest BCUT2D eigenvalue weighted by atomic mass is 9.87. The lowest BCUT2D eigenvalue weighted by Crippen LogP contribution is -2.67. The van der Waals surface area contributed by atoms with Gasteiger partial charge in [-0.1, -0.05) is 44.2 Å². The largest absolute Gasteiger partial charge is 0.423 e. The first-order chi connectivity index (χ1) is 18.6. The highest BCUT2D eigenvalue weighted by Gasteiger charge is 2.49. The highest BCUT2D eigenvalue weighted by Crippen LogP contribution is 2.36.